The summed E-state index contributed by atoms with van der Waals surface area (Å²) in [5.41, 5.74) is 1.25. The van der Waals surface area contributed by atoms with Crippen LogP contribution >= 0.6 is 0 Å². The van der Waals surface area contributed by atoms with Crippen molar-refractivity contribution in [2.45, 2.75) is 51.4 Å². The van der Waals surface area contributed by atoms with E-state index in [1.165, 1.54) is 25.4 Å². The van der Waals surface area contributed by atoms with E-state index in [0.29, 0.717) is 22.7 Å². The maximum atomic E-state index is 14.1. The fraction of sp³-hybridized carbons (Fsp3) is 0.478. The van der Waals surface area contributed by atoms with E-state index in [1.54, 1.807) is 19.1 Å². The summed E-state index contributed by atoms with van der Waals surface area (Å²) < 4.78 is 25.8. The maximum Gasteiger partial charge on any atom is 0.254 e. The number of nitrogens with zero attached hydrogens (tertiary/aromatic N) is 1. The number of rotatable bonds is 6. The molecule has 2 aromatic rings. The molecule has 0 unspecified atom stereocenters. The van der Waals surface area contributed by atoms with Gasteiger partial charge in [0.2, 0.25) is 0 Å². The fourth-order valence-electron chi connectivity index (χ4n) is 4.06. The number of pyridine rings is 1. The van der Waals surface area contributed by atoms with E-state index in [1.807, 2.05) is 20.8 Å². The molecule has 4 atom stereocenters. The number of hydrogen-bond donors (Lipinski definition) is 3. The Kier molecular flexibility index (Phi) is 6.64. The van der Waals surface area contributed by atoms with Gasteiger partial charge in [-0.15, -0.1) is 0 Å². The molecule has 1 aliphatic rings. The largest absolute Gasteiger partial charge is 0.496 e. The lowest BCUT2D eigenvalue weighted by Crippen LogP contribution is -2.33. The molecule has 0 aliphatic carbocycles. The van der Waals surface area contributed by atoms with Crippen LogP contribution < -0.4 is 10.1 Å². The summed E-state index contributed by atoms with van der Waals surface area (Å²) in [6, 6.07) is 6.16. The first-order chi connectivity index (χ1) is 14.6. The molecular weight excluding hydrogens is 403 g/mol. The number of aliphatic hydroxyl groups is 2. The second-order valence-corrected chi connectivity index (χ2v) is 8.41. The average Bonchev–Trinajstić information content (AvgIpc) is 2.99. The molecule has 0 bridgehead atoms. The second-order valence-electron chi connectivity index (χ2n) is 8.41. The minimum absolute atomic E-state index is 0.0535. The van der Waals surface area contributed by atoms with Gasteiger partial charge in [0.1, 0.15) is 23.8 Å². The first-order valence-electron chi connectivity index (χ1n) is 10.2. The van der Waals surface area contributed by atoms with Gasteiger partial charge in [0, 0.05) is 17.0 Å². The molecule has 3 rings (SSSR count). The number of hydrogen-bond acceptors (Lipinski definition) is 6. The number of halogens is 1. The minimum atomic E-state index is -1.08. The molecule has 31 heavy (non-hydrogen) atoms. The summed E-state index contributed by atoms with van der Waals surface area (Å²) in [7, 11) is 1.49. The van der Waals surface area contributed by atoms with Gasteiger partial charge < -0.3 is 25.0 Å². The van der Waals surface area contributed by atoms with Crippen molar-refractivity contribution in [3.05, 3.63) is 53.1 Å². The molecule has 168 valence electrons. The maximum absolute atomic E-state index is 14.1. The lowest BCUT2D eigenvalue weighted by atomic mass is 9.77. The van der Waals surface area contributed by atoms with Crippen molar-refractivity contribution in [1.82, 2.24) is 4.98 Å². The third-order valence-corrected chi connectivity index (χ3v) is 6.15. The quantitative estimate of drug-likeness (QED) is 0.649. The van der Waals surface area contributed by atoms with Crippen molar-refractivity contribution in [3.8, 4) is 5.75 Å². The number of aliphatic hydroxyl groups excluding tert-OH is 2. The number of carbonyl (C=O) groups excluding carboxylic acids is 1. The van der Waals surface area contributed by atoms with Gasteiger partial charge in [-0.3, -0.25) is 9.78 Å². The van der Waals surface area contributed by atoms with Crippen LogP contribution in [-0.2, 0) is 9.53 Å². The Morgan fingerprint density at radius 1 is 1.35 bits per heavy atom. The van der Waals surface area contributed by atoms with Crippen molar-refractivity contribution < 1.29 is 28.9 Å². The Balaban J connectivity index is 1.91. The summed E-state index contributed by atoms with van der Waals surface area (Å²) in [6.07, 6.45) is -0.498. The molecule has 0 saturated carbocycles. The zero-order chi connectivity index (χ0) is 22.9. The molecule has 1 fully saturated rings. The van der Waals surface area contributed by atoms with Gasteiger partial charge in [0.15, 0.2) is 0 Å². The highest BCUT2D eigenvalue weighted by atomic mass is 19.1. The second kappa shape index (κ2) is 8.90. The van der Waals surface area contributed by atoms with Gasteiger partial charge in [-0.05, 0) is 44.9 Å². The molecule has 1 amide bonds. The Morgan fingerprint density at radius 2 is 2.06 bits per heavy atom. The van der Waals surface area contributed by atoms with E-state index in [9.17, 15) is 14.3 Å². The highest BCUT2D eigenvalue weighted by Gasteiger charge is 2.51. The molecule has 3 N–H and O–H groups in total. The molecule has 2 heterocycles. The smallest absolute Gasteiger partial charge is 0.254 e. The highest BCUT2D eigenvalue weighted by molar-refractivity contribution is 5.95. The van der Waals surface area contributed by atoms with Crippen molar-refractivity contribution in [1.29, 1.82) is 0 Å². The SMILES string of the molecule is COc1c([C@H]2[C@H](C(=O)Nc3ccc([C@@H](O)CO)nc3)OC(C)(C)[C@H]2C)ccc(F)c1C. The van der Waals surface area contributed by atoms with Gasteiger partial charge in [0.05, 0.1) is 36.9 Å². The van der Waals surface area contributed by atoms with E-state index in [2.05, 4.69) is 10.3 Å². The minimum Gasteiger partial charge on any atom is -0.496 e. The lowest BCUT2D eigenvalue weighted by molar-refractivity contribution is -0.131. The van der Waals surface area contributed by atoms with E-state index in [-0.39, 0.29) is 23.6 Å². The number of amides is 1. The number of ether oxygens (including phenoxy) is 2. The fourth-order valence-corrected chi connectivity index (χ4v) is 4.06. The zero-order valence-corrected chi connectivity index (χ0v) is 18.3. The summed E-state index contributed by atoms with van der Waals surface area (Å²) in [5.74, 6) is -0.720. The Bertz CT molecular complexity index is 948. The van der Waals surface area contributed by atoms with E-state index in [4.69, 9.17) is 14.6 Å². The molecule has 1 aromatic carbocycles. The van der Waals surface area contributed by atoms with Gasteiger partial charge in [-0.2, -0.15) is 0 Å². The van der Waals surface area contributed by atoms with Crippen LogP contribution in [0.2, 0.25) is 0 Å². The summed E-state index contributed by atoms with van der Waals surface area (Å²) in [4.78, 5) is 17.3. The Hall–Kier alpha value is -2.55. The number of nitrogens with one attached hydrogen (secondary N) is 1. The predicted octanol–water partition coefficient (Wildman–Crippen LogP) is 3.10. The van der Waals surface area contributed by atoms with Crippen LogP contribution in [0.25, 0.3) is 0 Å². The molecule has 8 heteroatoms. The summed E-state index contributed by atoms with van der Waals surface area (Å²) in [6.45, 7) is 7.05. The van der Waals surface area contributed by atoms with Gasteiger partial charge in [0.25, 0.3) is 5.91 Å². The molecule has 0 radical (unpaired) electrons. The molecular formula is C23H29FN2O5. The predicted molar refractivity (Wildman–Crippen MR) is 113 cm³/mol. The van der Waals surface area contributed by atoms with Crippen LogP contribution in [0.15, 0.2) is 30.5 Å². The monoisotopic (exact) mass is 432 g/mol. The van der Waals surface area contributed by atoms with Crippen LogP contribution in [0.1, 0.15) is 49.6 Å². The van der Waals surface area contributed by atoms with Crippen molar-refractivity contribution in [3.63, 3.8) is 0 Å². The number of anilines is 1. The summed E-state index contributed by atoms with van der Waals surface area (Å²) >= 11 is 0. The van der Waals surface area contributed by atoms with Crippen LogP contribution in [0.4, 0.5) is 10.1 Å². The van der Waals surface area contributed by atoms with E-state index >= 15 is 0 Å². The van der Waals surface area contributed by atoms with Crippen molar-refractivity contribution in [2.75, 3.05) is 19.0 Å². The van der Waals surface area contributed by atoms with Crippen molar-refractivity contribution in [2.24, 2.45) is 5.92 Å². The molecule has 7 nitrogen and oxygen atoms in total. The average molecular weight is 432 g/mol. The first kappa shape index (κ1) is 23.1. The topological polar surface area (TPSA) is 101 Å². The molecule has 1 aromatic heterocycles. The van der Waals surface area contributed by atoms with Crippen LogP contribution in [0.3, 0.4) is 0 Å². The molecule has 1 aliphatic heterocycles. The standard InChI is InChI=1S/C23H29FN2O5/c1-12-16(24)8-7-15(20(12)30-5)19-13(2)23(3,4)31-21(19)22(29)26-14-6-9-17(25-10-14)18(28)11-27/h6-10,13,18-19,21,27-28H,11H2,1-5H3,(H,26,29)/t13-,18-,19-,21+/m0/s1. The van der Waals surface area contributed by atoms with Gasteiger partial charge in [-0.1, -0.05) is 13.0 Å². The molecule has 0 spiro atoms. The summed E-state index contributed by atoms with van der Waals surface area (Å²) in [5, 5.41) is 21.5. The van der Waals surface area contributed by atoms with E-state index in [0.717, 1.165) is 5.56 Å². The molecule has 1 saturated heterocycles. The van der Waals surface area contributed by atoms with Crippen LogP contribution in [0, 0.1) is 18.7 Å². The van der Waals surface area contributed by atoms with Crippen LogP contribution in [-0.4, -0.2) is 46.5 Å². The Labute approximate surface area is 181 Å². The van der Waals surface area contributed by atoms with Crippen LogP contribution in [0.5, 0.6) is 5.75 Å². The first-order valence-corrected chi connectivity index (χ1v) is 10.2. The zero-order valence-electron chi connectivity index (χ0n) is 18.3. The van der Waals surface area contributed by atoms with Gasteiger partial charge in [-0.25, -0.2) is 4.39 Å². The van der Waals surface area contributed by atoms with Gasteiger partial charge >= 0.3 is 0 Å². The third-order valence-electron chi connectivity index (χ3n) is 6.15. The van der Waals surface area contributed by atoms with E-state index < -0.39 is 24.4 Å². The van der Waals surface area contributed by atoms with Crippen molar-refractivity contribution >= 4 is 11.6 Å². The highest BCUT2D eigenvalue weighted by Crippen LogP contribution is 2.49. The normalized spacial score (nSPS) is 23.4. The Morgan fingerprint density at radius 3 is 2.65 bits per heavy atom. The number of methoxy groups -OCH3 is 1. The number of benzene rings is 1. The number of aromatic nitrogens is 1. The third kappa shape index (κ3) is 4.42. The number of carbonyl (C=O) groups is 1. The lowest BCUT2D eigenvalue weighted by Gasteiger charge is -2.26.